The highest BCUT2D eigenvalue weighted by Gasteiger charge is 2.47. The number of amides is 2. The van der Waals surface area contributed by atoms with Crippen LogP contribution in [0.2, 0.25) is 0 Å². The fourth-order valence-electron chi connectivity index (χ4n) is 4.62. The van der Waals surface area contributed by atoms with Crippen molar-refractivity contribution in [2.75, 3.05) is 34.0 Å². The number of furan rings is 1. The molecule has 0 spiro atoms. The van der Waals surface area contributed by atoms with Gasteiger partial charge in [0.2, 0.25) is 11.7 Å². The van der Waals surface area contributed by atoms with Crippen LogP contribution < -0.4 is 14.8 Å². The maximum Gasteiger partial charge on any atom is 0.294 e. The molecule has 1 aromatic heterocycles. The van der Waals surface area contributed by atoms with Gasteiger partial charge in [-0.25, -0.2) is 0 Å². The van der Waals surface area contributed by atoms with Crippen molar-refractivity contribution in [3.05, 3.63) is 59.4 Å². The SMILES string of the molecule is COCCN1C(=O)c2oc3cc(C4CC4)ccc3c2OCC1(C)C(=O)NCc1ccccc1OC. The number of fused-ring (bicyclic) bond motifs is 3. The van der Waals surface area contributed by atoms with E-state index < -0.39 is 11.4 Å². The highest BCUT2D eigenvalue weighted by Crippen LogP contribution is 2.44. The Balaban J connectivity index is 1.44. The predicted octanol–water partition coefficient (Wildman–Crippen LogP) is 3.87. The molecule has 2 heterocycles. The third kappa shape index (κ3) is 4.23. The molecule has 3 aromatic rings. The van der Waals surface area contributed by atoms with Gasteiger partial charge in [-0.2, -0.15) is 0 Å². The molecule has 1 N–H and O–H groups in total. The van der Waals surface area contributed by atoms with Gasteiger partial charge < -0.3 is 28.8 Å². The molecule has 2 amide bonds. The summed E-state index contributed by atoms with van der Waals surface area (Å²) in [6, 6.07) is 13.5. The monoisotopic (exact) mass is 478 g/mol. The standard InChI is InChI=1S/C27H30N2O6/c1-27(26(31)28-15-19-6-4-5-7-21(19)33-3)16-34-23-20-11-10-18(17-8-9-17)14-22(20)35-24(23)25(30)29(27)12-13-32-2/h4-7,10-11,14,17H,8-9,12-13,15-16H2,1-3H3,(H,28,31). The van der Waals surface area contributed by atoms with E-state index in [-0.39, 0.29) is 38.0 Å². The van der Waals surface area contributed by atoms with E-state index in [0.717, 1.165) is 10.9 Å². The lowest BCUT2D eigenvalue weighted by Gasteiger charge is -2.37. The third-order valence-corrected chi connectivity index (χ3v) is 6.89. The minimum Gasteiger partial charge on any atom is -0.496 e. The van der Waals surface area contributed by atoms with E-state index in [2.05, 4.69) is 11.4 Å². The Morgan fingerprint density at radius 3 is 2.74 bits per heavy atom. The number of hydrogen-bond donors (Lipinski definition) is 1. The smallest absolute Gasteiger partial charge is 0.294 e. The summed E-state index contributed by atoms with van der Waals surface area (Å²) in [5, 5.41) is 3.70. The zero-order valence-electron chi connectivity index (χ0n) is 20.3. The molecule has 1 aliphatic carbocycles. The normalized spacial score (nSPS) is 19.7. The second-order valence-corrected chi connectivity index (χ2v) is 9.30. The summed E-state index contributed by atoms with van der Waals surface area (Å²) in [7, 11) is 3.15. The number of para-hydroxylation sites is 1. The maximum absolute atomic E-state index is 13.7. The van der Waals surface area contributed by atoms with Crippen LogP contribution in [-0.4, -0.2) is 56.2 Å². The summed E-state index contributed by atoms with van der Waals surface area (Å²) >= 11 is 0. The number of ether oxygens (including phenoxy) is 3. The molecule has 0 bridgehead atoms. The van der Waals surface area contributed by atoms with Crippen molar-refractivity contribution in [2.45, 2.75) is 37.8 Å². The van der Waals surface area contributed by atoms with Crippen molar-refractivity contribution in [2.24, 2.45) is 0 Å². The van der Waals surface area contributed by atoms with Gasteiger partial charge in [-0.3, -0.25) is 9.59 Å². The Labute approximate surface area is 204 Å². The predicted molar refractivity (Wildman–Crippen MR) is 130 cm³/mol. The van der Waals surface area contributed by atoms with E-state index in [4.69, 9.17) is 18.6 Å². The second kappa shape index (κ2) is 9.26. The van der Waals surface area contributed by atoms with Crippen molar-refractivity contribution in [3.8, 4) is 11.5 Å². The molecular formula is C27H30N2O6. The highest BCUT2D eigenvalue weighted by molar-refractivity contribution is 6.04. The first-order chi connectivity index (χ1) is 17.0. The minimum absolute atomic E-state index is 0.0216. The molecule has 2 aliphatic rings. The fourth-order valence-corrected chi connectivity index (χ4v) is 4.62. The molecule has 2 aromatic carbocycles. The average molecular weight is 479 g/mol. The van der Waals surface area contributed by atoms with Gasteiger partial charge in [-0.05, 0) is 49.4 Å². The Morgan fingerprint density at radius 2 is 2.00 bits per heavy atom. The zero-order valence-corrected chi connectivity index (χ0v) is 20.3. The molecule has 8 heteroatoms. The van der Waals surface area contributed by atoms with Crippen LogP contribution in [0.25, 0.3) is 11.0 Å². The van der Waals surface area contributed by atoms with Crippen LogP contribution in [0, 0.1) is 0 Å². The number of methoxy groups -OCH3 is 2. The average Bonchev–Trinajstić information content (AvgIpc) is 3.67. The molecule has 0 saturated heterocycles. The van der Waals surface area contributed by atoms with Crippen LogP contribution in [0.5, 0.6) is 11.5 Å². The molecule has 35 heavy (non-hydrogen) atoms. The zero-order chi connectivity index (χ0) is 24.6. The number of carbonyl (C=O) groups is 2. The molecule has 1 unspecified atom stereocenters. The van der Waals surface area contributed by atoms with Crippen molar-refractivity contribution in [1.29, 1.82) is 0 Å². The fraction of sp³-hybridized carbons (Fsp3) is 0.407. The quantitative estimate of drug-likeness (QED) is 0.529. The van der Waals surface area contributed by atoms with Crippen LogP contribution in [0.3, 0.4) is 0 Å². The van der Waals surface area contributed by atoms with Gasteiger partial charge in [0.25, 0.3) is 5.91 Å². The Hall–Kier alpha value is -3.52. The van der Waals surface area contributed by atoms with Gasteiger partial charge in [0.05, 0.1) is 19.1 Å². The van der Waals surface area contributed by atoms with Gasteiger partial charge in [-0.1, -0.05) is 24.3 Å². The van der Waals surface area contributed by atoms with E-state index >= 15 is 0 Å². The van der Waals surface area contributed by atoms with Gasteiger partial charge >= 0.3 is 0 Å². The molecule has 0 radical (unpaired) electrons. The van der Waals surface area contributed by atoms with Gasteiger partial charge in [0.15, 0.2) is 11.3 Å². The summed E-state index contributed by atoms with van der Waals surface area (Å²) in [6.07, 6.45) is 2.35. The van der Waals surface area contributed by atoms with E-state index in [9.17, 15) is 9.59 Å². The van der Waals surface area contributed by atoms with Gasteiger partial charge in [-0.15, -0.1) is 0 Å². The molecule has 8 nitrogen and oxygen atoms in total. The van der Waals surface area contributed by atoms with Gasteiger partial charge in [0.1, 0.15) is 17.9 Å². The van der Waals surface area contributed by atoms with Crippen LogP contribution in [0.4, 0.5) is 0 Å². The maximum atomic E-state index is 13.7. The lowest BCUT2D eigenvalue weighted by atomic mass is 9.99. The first-order valence-electron chi connectivity index (χ1n) is 11.9. The lowest BCUT2D eigenvalue weighted by molar-refractivity contribution is -0.133. The summed E-state index contributed by atoms with van der Waals surface area (Å²) < 4.78 is 22.8. The number of nitrogens with zero attached hydrogens (tertiary/aromatic N) is 1. The van der Waals surface area contributed by atoms with Crippen molar-refractivity contribution >= 4 is 22.8 Å². The molecular weight excluding hydrogens is 448 g/mol. The van der Waals surface area contributed by atoms with Crippen LogP contribution in [0.15, 0.2) is 46.9 Å². The molecule has 1 aliphatic heterocycles. The Bertz CT molecular complexity index is 1260. The third-order valence-electron chi connectivity index (χ3n) is 6.89. The molecule has 184 valence electrons. The molecule has 1 saturated carbocycles. The van der Waals surface area contributed by atoms with E-state index in [1.807, 2.05) is 36.4 Å². The molecule has 1 atom stereocenters. The summed E-state index contributed by atoms with van der Waals surface area (Å²) in [5.74, 6) is 1.02. The van der Waals surface area contributed by atoms with E-state index in [1.54, 1.807) is 21.1 Å². The first kappa shape index (κ1) is 23.2. The number of benzene rings is 2. The number of nitrogens with one attached hydrogen (secondary N) is 1. The minimum atomic E-state index is -1.28. The Morgan fingerprint density at radius 1 is 1.20 bits per heavy atom. The van der Waals surface area contributed by atoms with E-state index in [0.29, 0.717) is 23.0 Å². The van der Waals surface area contributed by atoms with Crippen LogP contribution >= 0.6 is 0 Å². The van der Waals surface area contributed by atoms with Crippen molar-refractivity contribution < 1.29 is 28.2 Å². The van der Waals surface area contributed by atoms with Gasteiger partial charge in [0, 0.05) is 25.8 Å². The van der Waals surface area contributed by atoms with Crippen molar-refractivity contribution in [3.63, 3.8) is 0 Å². The van der Waals surface area contributed by atoms with Crippen LogP contribution in [-0.2, 0) is 16.1 Å². The second-order valence-electron chi connectivity index (χ2n) is 9.30. The topological polar surface area (TPSA) is 90.2 Å². The molecule has 5 rings (SSSR count). The first-order valence-corrected chi connectivity index (χ1v) is 11.9. The lowest BCUT2D eigenvalue weighted by Crippen LogP contribution is -2.61. The Kier molecular flexibility index (Phi) is 6.15. The summed E-state index contributed by atoms with van der Waals surface area (Å²) in [6.45, 7) is 2.41. The van der Waals surface area contributed by atoms with E-state index in [1.165, 1.54) is 23.3 Å². The van der Waals surface area contributed by atoms with Crippen molar-refractivity contribution in [1.82, 2.24) is 10.2 Å². The summed E-state index contributed by atoms with van der Waals surface area (Å²) in [4.78, 5) is 28.8. The number of rotatable bonds is 8. The number of carbonyl (C=O) groups excluding carboxylic acids is 2. The van der Waals surface area contributed by atoms with Crippen LogP contribution in [0.1, 0.15) is 47.4 Å². The number of hydrogen-bond acceptors (Lipinski definition) is 6. The summed E-state index contributed by atoms with van der Waals surface area (Å²) in [5.41, 5.74) is 1.40. The molecule has 1 fully saturated rings. The largest absolute Gasteiger partial charge is 0.496 e. The highest BCUT2D eigenvalue weighted by atomic mass is 16.5.